The second-order valence-corrected chi connectivity index (χ2v) is 5.24. The molecule has 0 amide bonds. The number of benzene rings is 1. The summed E-state index contributed by atoms with van der Waals surface area (Å²) in [5, 5.41) is 0. The summed E-state index contributed by atoms with van der Waals surface area (Å²) < 4.78 is 2.09. The molecular weight excluding hydrogens is 308 g/mol. The van der Waals surface area contributed by atoms with Crippen molar-refractivity contribution in [3.8, 4) is 0 Å². The molecule has 4 N–H and O–H groups in total. The minimum Gasteiger partial charge on any atom is -0.330 e. The largest absolute Gasteiger partial charge is 0.330 e. The van der Waals surface area contributed by atoms with E-state index in [1.165, 1.54) is 5.56 Å². The molecule has 0 aliphatic heterocycles. The average Bonchev–Trinajstić information content (AvgIpc) is 2.02. The van der Waals surface area contributed by atoms with Crippen LogP contribution in [0.5, 0.6) is 0 Å². The molecule has 78 valence electrons. The second kappa shape index (κ2) is 5.26. The molecule has 0 aromatic heterocycles. The van der Waals surface area contributed by atoms with Crippen LogP contribution in [-0.4, -0.2) is 12.6 Å². The molecule has 0 aliphatic rings. The lowest BCUT2D eigenvalue weighted by Gasteiger charge is -2.19. The third-order valence-corrected chi connectivity index (χ3v) is 3.12. The first-order valence-corrected chi connectivity index (χ1v) is 6.05. The van der Waals surface area contributed by atoms with E-state index < -0.39 is 0 Å². The van der Waals surface area contributed by atoms with Crippen LogP contribution >= 0.6 is 31.9 Å². The van der Waals surface area contributed by atoms with Crippen molar-refractivity contribution < 1.29 is 0 Å². The highest BCUT2D eigenvalue weighted by Crippen LogP contribution is 2.26. The summed E-state index contributed by atoms with van der Waals surface area (Å²) in [5.74, 6) is 0.212. The maximum Gasteiger partial charge on any atom is 0.0189 e. The number of halogens is 2. The smallest absolute Gasteiger partial charge is 0.0189 e. The van der Waals surface area contributed by atoms with Crippen molar-refractivity contribution in [3.05, 3.63) is 32.7 Å². The Bertz CT molecular complexity index is 293. The molecule has 0 heterocycles. The van der Waals surface area contributed by atoms with Gasteiger partial charge in [-0.2, -0.15) is 0 Å². The van der Waals surface area contributed by atoms with Crippen LogP contribution in [0.15, 0.2) is 27.1 Å². The molecule has 1 aromatic rings. The predicted octanol–water partition coefficient (Wildman–Crippen LogP) is 2.60. The molecule has 0 aliphatic carbocycles. The van der Waals surface area contributed by atoms with E-state index in [0.717, 1.165) is 8.95 Å². The summed E-state index contributed by atoms with van der Waals surface area (Å²) in [6.45, 7) is 2.55. The van der Waals surface area contributed by atoms with Crippen LogP contribution in [0.4, 0.5) is 0 Å². The highest BCUT2D eigenvalue weighted by Gasteiger charge is 2.15. The van der Waals surface area contributed by atoms with Crippen LogP contribution in [0, 0.1) is 0 Å². The van der Waals surface area contributed by atoms with E-state index in [-0.39, 0.29) is 12.0 Å². The summed E-state index contributed by atoms with van der Waals surface area (Å²) in [4.78, 5) is 0. The molecule has 0 saturated carbocycles. The molecule has 0 bridgehead atoms. The highest BCUT2D eigenvalue weighted by molar-refractivity contribution is 9.11. The second-order valence-electron chi connectivity index (χ2n) is 3.40. The van der Waals surface area contributed by atoms with Gasteiger partial charge in [0, 0.05) is 27.4 Å². The van der Waals surface area contributed by atoms with Crippen LogP contribution in [0.3, 0.4) is 0 Å². The monoisotopic (exact) mass is 320 g/mol. The summed E-state index contributed by atoms with van der Waals surface area (Å²) in [7, 11) is 0. The van der Waals surface area contributed by atoms with Crippen LogP contribution in [0.2, 0.25) is 0 Å². The van der Waals surface area contributed by atoms with Crippen molar-refractivity contribution in [1.82, 2.24) is 0 Å². The van der Waals surface area contributed by atoms with Gasteiger partial charge in [-0.25, -0.2) is 0 Å². The normalized spacial score (nSPS) is 15.2. The molecule has 0 radical (unpaired) electrons. The van der Waals surface area contributed by atoms with E-state index in [1.807, 2.05) is 13.0 Å². The van der Waals surface area contributed by atoms with Gasteiger partial charge in [0.2, 0.25) is 0 Å². The van der Waals surface area contributed by atoms with Crippen LogP contribution in [0.1, 0.15) is 18.4 Å². The Hall–Kier alpha value is 0.1000. The first-order chi connectivity index (χ1) is 6.54. The van der Waals surface area contributed by atoms with Gasteiger partial charge in [0.25, 0.3) is 0 Å². The van der Waals surface area contributed by atoms with E-state index in [1.54, 1.807) is 0 Å². The van der Waals surface area contributed by atoms with Crippen molar-refractivity contribution in [3.63, 3.8) is 0 Å². The fraction of sp³-hybridized carbons (Fsp3) is 0.400. The lowest BCUT2D eigenvalue weighted by Crippen LogP contribution is -2.30. The van der Waals surface area contributed by atoms with Gasteiger partial charge < -0.3 is 11.5 Å². The molecule has 1 aromatic carbocycles. The lowest BCUT2D eigenvalue weighted by molar-refractivity contribution is 0.576. The zero-order valence-corrected chi connectivity index (χ0v) is 11.2. The van der Waals surface area contributed by atoms with Crippen LogP contribution in [0.25, 0.3) is 0 Å². The summed E-state index contributed by atoms with van der Waals surface area (Å²) >= 11 is 6.90. The van der Waals surface area contributed by atoms with Gasteiger partial charge in [0.05, 0.1) is 0 Å². The number of hydrogen-bond donors (Lipinski definition) is 2. The van der Waals surface area contributed by atoms with Crippen molar-refractivity contribution in [2.24, 2.45) is 11.5 Å². The van der Waals surface area contributed by atoms with Crippen LogP contribution in [-0.2, 0) is 0 Å². The van der Waals surface area contributed by atoms with Crippen molar-refractivity contribution >= 4 is 31.9 Å². The molecule has 14 heavy (non-hydrogen) atoms. The van der Waals surface area contributed by atoms with Crippen molar-refractivity contribution in [1.29, 1.82) is 0 Å². The molecule has 2 nitrogen and oxygen atoms in total. The summed E-state index contributed by atoms with van der Waals surface area (Å²) in [6, 6.07) is 6.19. The Morgan fingerprint density at radius 3 is 2.07 bits per heavy atom. The molecule has 0 spiro atoms. The summed E-state index contributed by atoms with van der Waals surface area (Å²) in [6.07, 6.45) is 0. The average molecular weight is 322 g/mol. The molecule has 4 heteroatoms. The van der Waals surface area contributed by atoms with Crippen molar-refractivity contribution in [2.75, 3.05) is 6.54 Å². The van der Waals surface area contributed by atoms with Gasteiger partial charge in [-0.05, 0) is 30.7 Å². The summed E-state index contributed by atoms with van der Waals surface area (Å²) in [5.41, 5.74) is 12.7. The third kappa shape index (κ3) is 3.05. The number of nitrogens with two attached hydrogens (primary N) is 2. The predicted molar refractivity (Wildman–Crippen MR) is 67.3 cm³/mol. The minimum atomic E-state index is 0.0706. The van der Waals surface area contributed by atoms with Gasteiger partial charge >= 0.3 is 0 Å². The van der Waals surface area contributed by atoms with Gasteiger partial charge in [0.15, 0.2) is 0 Å². The minimum absolute atomic E-state index is 0.0706. The van der Waals surface area contributed by atoms with E-state index in [2.05, 4.69) is 44.0 Å². The Balaban J connectivity index is 3.04. The van der Waals surface area contributed by atoms with Gasteiger partial charge in [-0.15, -0.1) is 0 Å². The third-order valence-electron chi connectivity index (χ3n) is 2.20. The lowest BCUT2D eigenvalue weighted by atomic mass is 9.93. The van der Waals surface area contributed by atoms with Gasteiger partial charge in [0.1, 0.15) is 0 Å². The molecule has 0 fully saturated rings. The Labute approximate surface area is 101 Å². The zero-order valence-electron chi connectivity index (χ0n) is 8.00. The Kier molecular flexibility index (Phi) is 4.57. The Morgan fingerprint density at radius 2 is 1.71 bits per heavy atom. The maximum absolute atomic E-state index is 5.87. The highest BCUT2D eigenvalue weighted by atomic mass is 79.9. The van der Waals surface area contributed by atoms with E-state index in [0.29, 0.717) is 6.54 Å². The fourth-order valence-electron chi connectivity index (χ4n) is 1.44. The first kappa shape index (κ1) is 12.2. The van der Waals surface area contributed by atoms with E-state index in [4.69, 9.17) is 11.5 Å². The van der Waals surface area contributed by atoms with Crippen molar-refractivity contribution in [2.45, 2.75) is 18.9 Å². The zero-order chi connectivity index (χ0) is 10.7. The molecule has 2 unspecified atom stereocenters. The number of hydrogen-bond acceptors (Lipinski definition) is 2. The fourth-order valence-corrected chi connectivity index (χ4v) is 2.77. The number of rotatable bonds is 3. The first-order valence-electron chi connectivity index (χ1n) is 4.46. The molecular formula is C10H14Br2N2. The standard InChI is InChI=1S/C10H14Br2N2/c1-6(14)10(5-13)7-2-8(11)4-9(12)3-7/h2-4,6,10H,5,13-14H2,1H3. The van der Waals surface area contributed by atoms with Crippen LogP contribution < -0.4 is 11.5 Å². The Morgan fingerprint density at radius 1 is 1.21 bits per heavy atom. The quantitative estimate of drug-likeness (QED) is 0.899. The van der Waals surface area contributed by atoms with E-state index >= 15 is 0 Å². The molecule has 1 rings (SSSR count). The molecule has 2 atom stereocenters. The molecule has 0 saturated heterocycles. The van der Waals surface area contributed by atoms with Gasteiger partial charge in [-0.1, -0.05) is 31.9 Å². The maximum atomic E-state index is 5.87. The van der Waals surface area contributed by atoms with E-state index in [9.17, 15) is 0 Å². The topological polar surface area (TPSA) is 52.0 Å². The van der Waals surface area contributed by atoms with Gasteiger partial charge in [-0.3, -0.25) is 0 Å². The SMILES string of the molecule is CC(N)C(CN)c1cc(Br)cc(Br)c1.